The molecular formula is C28H20F5N5O4S. The van der Waals surface area contributed by atoms with E-state index in [0.29, 0.717) is 41.3 Å². The molecule has 1 fully saturated rings. The molecule has 0 saturated carbocycles. The van der Waals surface area contributed by atoms with Gasteiger partial charge >= 0.3 is 12.1 Å². The summed E-state index contributed by atoms with van der Waals surface area (Å²) >= 11 is 0.328. The van der Waals surface area contributed by atoms with Crippen molar-refractivity contribution in [3.05, 3.63) is 87.1 Å². The molecule has 1 aliphatic heterocycles. The van der Waals surface area contributed by atoms with E-state index in [0.717, 1.165) is 18.6 Å². The number of nitrogens with zero attached hydrogens (tertiary/aromatic N) is 5. The highest BCUT2D eigenvalue weighted by molar-refractivity contribution is 7.11. The fraction of sp³-hybridized carbons (Fsp3) is 0.250. The number of carboxylic acid groups (broad SMARTS) is 1. The third kappa shape index (κ3) is 6.03. The van der Waals surface area contributed by atoms with Crippen LogP contribution in [0.2, 0.25) is 0 Å². The van der Waals surface area contributed by atoms with E-state index in [4.69, 9.17) is 9.47 Å². The first kappa shape index (κ1) is 28.6. The lowest BCUT2D eigenvalue weighted by atomic mass is 10.0. The second-order valence-corrected chi connectivity index (χ2v) is 10.7. The Morgan fingerprint density at radius 1 is 1.09 bits per heavy atom. The van der Waals surface area contributed by atoms with Crippen molar-refractivity contribution in [2.45, 2.75) is 38.3 Å². The van der Waals surface area contributed by atoms with Gasteiger partial charge in [-0.2, -0.15) is 13.2 Å². The predicted octanol–water partition coefficient (Wildman–Crippen LogP) is 5.90. The normalized spacial score (nSPS) is 15.0. The molecule has 1 atom stereocenters. The number of ether oxygens (including phenoxy) is 2. The van der Waals surface area contributed by atoms with Crippen LogP contribution in [0.3, 0.4) is 0 Å². The van der Waals surface area contributed by atoms with Gasteiger partial charge in [0.05, 0.1) is 34.9 Å². The van der Waals surface area contributed by atoms with Crippen LogP contribution >= 0.6 is 11.3 Å². The standard InChI is InChI=1S/C28H20F5N5O4S/c29-18-11-17(20-2-1-3-24(35-20)42-13-25-36-37-27(43-25)28(31,32)33)19(30)8-15(18)10-23-34-21-5-4-14(26(39)40)9-22(21)38(23)12-16-6-7-41-16/h1-5,8-9,11,16H,6-7,10,12-13H2,(H,39,40). The first-order chi connectivity index (χ1) is 20.5. The molecular weight excluding hydrogens is 597 g/mol. The lowest BCUT2D eigenvalue weighted by Crippen LogP contribution is -2.31. The number of halogens is 5. The number of carbonyl (C=O) groups is 1. The van der Waals surface area contributed by atoms with E-state index in [1.807, 2.05) is 0 Å². The zero-order chi connectivity index (χ0) is 30.3. The first-order valence-corrected chi connectivity index (χ1v) is 13.7. The smallest absolute Gasteiger partial charge is 0.445 e. The van der Waals surface area contributed by atoms with Gasteiger partial charge in [0.25, 0.3) is 0 Å². The van der Waals surface area contributed by atoms with Crippen molar-refractivity contribution in [3.8, 4) is 17.1 Å². The summed E-state index contributed by atoms with van der Waals surface area (Å²) in [5.74, 6) is -2.20. The van der Waals surface area contributed by atoms with E-state index < -0.39 is 28.8 Å². The van der Waals surface area contributed by atoms with Crippen molar-refractivity contribution in [1.29, 1.82) is 0 Å². The van der Waals surface area contributed by atoms with Crippen LogP contribution < -0.4 is 4.74 Å². The maximum Gasteiger partial charge on any atom is 0.445 e. The number of benzene rings is 2. The number of imidazole rings is 1. The van der Waals surface area contributed by atoms with Gasteiger partial charge in [-0.25, -0.2) is 23.5 Å². The number of alkyl halides is 3. The molecule has 0 amide bonds. The van der Waals surface area contributed by atoms with Gasteiger partial charge in [-0.05, 0) is 48.4 Å². The predicted molar refractivity (Wildman–Crippen MR) is 143 cm³/mol. The Hall–Kier alpha value is -4.50. The highest BCUT2D eigenvalue weighted by Gasteiger charge is 2.35. The fourth-order valence-electron chi connectivity index (χ4n) is 4.57. The van der Waals surface area contributed by atoms with Crippen LogP contribution in [0.5, 0.6) is 5.88 Å². The Labute approximate surface area is 243 Å². The molecule has 5 aromatic rings. The molecule has 4 heterocycles. The van der Waals surface area contributed by atoms with Crippen molar-refractivity contribution in [3.63, 3.8) is 0 Å². The average molecular weight is 618 g/mol. The Kier molecular flexibility index (Phi) is 7.52. The fourth-order valence-corrected chi connectivity index (χ4v) is 5.19. The quantitative estimate of drug-likeness (QED) is 0.204. The van der Waals surface area contributed by atoms with E-state index in [1.54, 1.807) is 10.6 Å². The Morgan fingerprint density at radius 3 is 2.60 bits per heavy atom. The number of carboxylic acids is 1. The molecule has 0 radical (unpaired) electrons. The van der Waals surface area contributed by atoms with Crippen molar-refractivity contribution in [1.82, 2.24) is 24.7 Å². The highest BCUT2D eigenvalue weighted by Crippen LogP contribution is 2.32. The van der Waals surface area contributed by atoms with E-state index in [2.05, 4.69) is 20.2 Å². The SMILES string of the molecule is O=C(O)c1ccc2nc(Cc3cc(F)c(-c4cccc(OCc5nnc(C(F)(F)F)s5)n4)cc3F)n(CC3CCO3)c2c1. The summed E-state index contributed by atoms with van der Waals surface area (Å²) in [6, 6.07) is 10.9. The van der Waals surface area contributed by atoms with Crippen molar-refractivity contribution >= 4 is 28.3 Å². The van der Waals surface area contributed by atoms with Crippen LogP contribution in [-0.4, -0.2) is 48.5 Å². The second-order valence-electron chi connectivity index (χ2n) is 9.68. The van der Waals surface area contributed by atoms with Gasteiger partial charge < -0.3 is 19.1 Å². The molecule has 1 N–H and O–H groups in total. The molecule has 1 saturated heterocycles. The molecule has 2 aromatic carbocycles. The minimum absolute atomic E-state index is 0.0231. The summed E-state index contributed by atoms with van der Waals surface area (Å²) in [6.45, 7) is 0.638. The summed E-state index contributed by atoms with van der Waals surface area (Å²) in [5.41, 5.74) is 1.06. The Morgan fingerprint density at radius 2 is 1.91 bits per heavy atom. The molecule has 43 heavy (non-hydrogen) atoms. The molecule has 9 nitrogen and oxygen atoms in total. The number of aromatic carboxylic acids is 1. The van der Waals surface area contributed by atoms with Crippen LogP contribution in [0, 0.1) is 11.6 Å². The maximum absolute atomic E-state index is 15.4. The topological polar surface area (TPSA) is 112 Å². The van der Waals surface area contributed by atoms with Crippen molar-refractivity contribution in [2.75, 3.05) is 6.61 Å². The van der Waals surface area contributed by atoms with Gasteiger partial charge in [0.1, 0.15) is 24.1 Å². The summed E-state index contributed by atoms with van der Waals surface area (Å²) in [7, 11) is 0. The van der Waals surface area contributed by atoms with E-state index in [1.165, 1.54) is 30.3 Å². The zero-order valence-electron chi connectivity index (χ0n) is 21.9. The minimum Gasteiger partial charge on any atom is -0.478 e. The number of aromatic nitrogens is 5. The van der Waals surface area contributed by atoms with Gasteiger partial charge in [-0.15, -0.1) is 10.2 Å². The summed E-state index contributed by atoms with van der Waals surface area (Å²) in [4.78, 5) is 20.3. The highest BCUT2D eigenvalue weighted by atomic mass is 32.1. The third-order valence-corrected chi connectivity index (χ3v) is 7.73. The molecule has 15 heteroatoms. The number of hydrogen-bond donors (Lipinski definition) is 1. The maximum atomic E-state index is 15.4. The third-order valence-electron chi connectivity index (χ3n) is 6.79. The molecule has 222 valence electrons. The first-order valence-electron chi connectivity index (χ1n) is 12.9. The number of rotatable bonds is 9. The summed E-state index contributed by atoms with van der Waals surface area (Å²) in [5, 5.41) is 14.8. The van der Waals surface area contributed by atoms with E-state index in [9.17, 15) is 23.1 Å². The van der Waals surface area contributed by atoms with E-state index in [-0.39, 0.29) is 52.4 Å². The van der Waals surface area contributed by atoms with Crippen LogP contribution in [-0.2, 0) is 30.5 Å². The van der Waals surface area contributed by atoms with Crippen LogP contribution in [0.15, 0.2) is 48.5 Å². The van der Waals surface area contributed by atoms with Gasteiger partial charge in [-0.3, -0.25) is 0 Å². The van der Waals surface area contributed by atoms with Gasteiger partial charge in [0.2, 0.25) is 10.9 Å². The van der Waals surface area contributed by atoms with Crippen molar-refractivity contribution < 1.29 is 41.3 Å². The minimum atomic E-state index is -4.62. The summed E-state index contributed by atoms with van der Waals surface area (Å²) < 4.78 is 81.8. The van der Waals surface area contributed by atoms with Crippen LogP contribution in [0.25, 0.3) is 22.3 Å². The molecule has 6 rings (SSSR count). The molecule has 0 spiro atoms. The summed E-state index contributed by atoms with van der Waals surface area (Å²) in [6.07, 6.45) is -4.00. The van der Waals surface area contributed by atoms with Crippen LogP contribution in [0.4, 0.5) is 22.0 Å². The molecule has 1 unspecified atom stereocenters. The zero-order valence-corrected chi connectivity index (χ0v) is 22.8. The Balaban J connectivity index is 1.25. The average Bonchev–Trinajstić information content (AvgIpc) is 3.56. The molecule has 0 aliphatic carbocycles. The van der Waals surface area contributed by atoms with E-state index >= 15 is 8.78 Å². The lowest BCUT2D eigenvalue weighted by Gasteiger charge is -2.27. The lowest BCUT2D eigenvalue weighted by molar-refractivity contribution is -0.138. The van der Waals surface area contributed by atoms with Gasteiger partial charge in [-0.1, -0.05) is 17.4 Å². The number of pyridine rings is 1. The Bertz CT molecular complexity index is 1840. The molecule has 1 aliphatic rings. The van der Waals surface area contributed by atoms with Crippen LogP contribution in [0.1, 0.15) is 38.2 Å². The van der Waals surface area contributed by atoms with Gasteiger partial charge in [0.15, 0.2) is 5.01 Å². The molecule has 0 bridgehead atoms. The van der Waals surface area contributed by atoms with Gasteiger partial charge in [0, 0.05) is 24.7 Å². The number of fused-ring (bicyclic) bond motifs is 1. The largest absolute Gasteiger partial charge is 0.478 e. The second kappa shape index (κ2) is 11.3. The monoisotopic (exact) mass is 617 g/mol. The molecule has 3 aromatic heterocycles. The number of hydrogen-bond acceptors (Lipinski definition) is 8. The van der Waals surface area contributed by atoms with Crippen molar-refractivity contribution in [2.24, 2.45) is 0 Å².